The van der Waals surface area contributed by atoms with Crippen LogP contribution >= 0.6 is 0 Å². The standard InChI is InChI=1S/C25H23F2N3O4/c26-19-6-1-14(11-20(19)27)12-21-29-30-23(34-21)22(31)28-17-4-2-15(3-5-17)16-7-9-25(10-8-16)13-18(25)24(32)33/h1-6,11,16,18H,7-10,12-13H2,(H,28,31)(H,32,33). The number of nitrogens with one attached hydrogen (secondary N) is 1. The first-order chi connectivity index (χ1) is 16.3. The summed E-state index contributed by atoms with van der Waals surface area (Å²) in [6.07, 6.45) is 4.70. The molecule has 1 unspecified atom stereocenters. The predicted octanol–water partition coefficient (Wildman–Crippen LogP) is 4.94. The van der Waals surface area contributed by atoms with E-state index < -0.39 is 23.5 Å². The first-order valence-corrected chi connectivity index (χ1v) is 11.2. The molecule has 7 nitrogen and oxygen atoms in total. The molecule has 1 heterocycles. The van der Waals surface area contributed by atoms with Gasteiger partial charge in [0.25, 0.3) is 0 Å². The van der Waals surface area contributed by atoms with Crippen LogP contribution in [0.4, 0.5) is 14.5 Å². The van der Waals surface area contributed by atoms with Crippen molar-refractivity contribution in [3.05, 3.63) is 77.0 Å². The summed E-state index contributed by atoms with van der Waals surface area (Å²) in [5, 5.41) is 19.5. The van der Waals surface area contributed by atoms with Crippen molar-refractivity contribution in [3.8, 4) is 0 Å². The topological polar surface area (TPSA) is 105 Å². The molecule has 1 spiro atoms. The molecule has 2 aromatic carbocycles. The molecule has 2 aliphatic carbocycles. The Hall–Kier alpha value is -3.62. The third kappa shape index (κ3) is 4.42. The lowest BCUT2D eigenvalue weighted by Crippen LogP contribution is -2.18. The Labute approximate surface area is 194 Å². The number of nitrogens with zero attached hydrogens (tertiary/aromatic N) is 2. The molecule has 0 radical (unpaired) electrons. The van der Waals surface area contributed by atoms with Crippen LogP contribution in [0.1, 0.15) is 65.7 Å². The zero-order chi connectivity index (χ0) is 23.9. The normalized spacial score (nSPS) is 23.6. The second-order valence-corrected chi connectivity index (χ2v) is 9.23. The molecule has 5 rings (SSSR count). The number of anilines is 1. The number of hydrogen-bond donors (Lipinski definition) is 2. The molecule has 2 aliphatic rings. The van der Waals surface area contributed by atoms with Gasteiger partial charge in [0.05, 0.1) is 12.3 Å². The number of rotatable bonds is 6. The van der Waals surface area contributed by atoms with Gasteiger partial charge >= 0.3 is 17.8 Å². The van der Waals surface area contributed by atoms with Gasteiger partial charge in [-0.15, -0.1) is 10.2 Å². The largest absolute Gasteiger partial charge is 0.481 e. The van der Waals surface area contributed by atoms with Crippen LogP contribution in [0.5, 0.6) is 0 Å². The molecule has 34 heavy (non-hydrogen) atoms. The van der Waals surface area contributed by atoms with E-state index in [4.69, 9.17) is 4.42 Å². The van der Waals surface area contributed by atoms with Crippen LogP contribution in [-0.4, -0.2) is 27.2 Å². The lowest BCUT2D eigenvalue weighted by Gasteiger charge is -2.29. The zero-order valence-corrected chi connectivity index (χ0v) is 18.3. The van der Waals surface area contributed by atoms with Crippen molar-refractivity contribution in [3.63, 3.8) is 0 Å². The van der Waals surface area contributed by atoms with Crippen LogP contribution in [0, 0.1) is 23.0 Å². The third-order valence-electron chi connectivity index (χ3n) is 7.11. The van der Waals surface area contributed by atoms with E-state index in [1.165, 1.54) is 11.6 Å². The van der Waals surface area contributed by atoms with Crippen molar-refractivity contribution in [2.75, 3.05) is 5.32 Å². The third-order valence-corrected chi connectivity index (χ3v) is 7.11. The smallest absolute Gasteiger partial charge is 0.313 e. The molecule has 0 bridgehead atoms. The highest BCUT2D eigenvalue weighted by Crippen LogP contribution is 2.63. The quantitative estimate of drug-likeness (QED) is 0.532. The summed E-state index contributed by atoms with van der Waals surface area (Å²) < 4.78 is 31.8. The van der Waals surface area contributed by atoms with E-state index >= 15 is 0 Å². The van der Waals surface area contributed by atoms with E-state index in [0.29, 0.717) is 17.2 Å². The van der Waals surface area contributed by atoms with Gasteiger partial charge in [-0.3, -0.25) is 9.59 Å². The van der Waals surface area contributed by atoms with Gasteiger partial charge in [-0.1, -0.05) is 18.2 Å². The van der Waals surface area contributed by atoms with Gasteiger partial charge in [-0.2, -0.15) is 0 Å². The van der Waals surface area contributed by atoms with Gasteiger partial charge in [0.2, 0.25) is 5.89 Å². The van der Waals surface area contributed by atoms with Gasteiger partial charge in [-0.25, -0.2) is 8.78 Å². The molecule has 0 aliphatic heterocycles. The Morgan fingerprint density at radius 2 is 1.79 bits per heavy atom. The van der Waals surface area contributed by atoms with Crippen LogP contribution in [-0.2, 0) is 11.2 Å². The van der Waals surface area contributed by atoms with Crippen molar-refractivity contribution in [2.24, 2.45) is 11.3 Å². The lowest BCUT2D eigenvalue weighted by molar-refractivity contribution is -0.139. The first-order valence-electron chi connectivity index (χ1n) is 11.2. The Morgan fingerprint density at radius 1 is 1.06 bits per heavy atom. The van der Waals surface area contributed by atoms with E-state index in [1.807, 2.05) is 24.3 Å². The second-order valence-electron chi connectivity index (χ2n) is 9.23. The molecule has 0 saturated heterocycles. The molecule has 2 N–H and O–H groups in total. The summed E-state index contributed by atoms with van der Waals surface area (Å²) in [5.41, 5.74) is 2.21. The maximum Gasteiger partial charge on any atom is 0.313 e. The van der Waals surface area contributed by atoms with E-state index in [0.717, 1.165) is 44.2 Å². The van der Waals surface area contributed by atoms with Crippen LogP contribution in [0.2, 0.25) is 0 Å². The summed E-state index contributed by atoms with van der Waals surface area (Å²) in [6, 6.07) is 11.0. The Kier molecular flexibility index (Phi) is 5.63. The minimum atomic E-state index is -0.969. The monoisotopic (exact) mass is 467 g/mol. The van der Waals surface area contributed by atoms with Crippen molar-refractivity contribution in [1.82, 2.24) is 10.2 Å². The Morgan fingerprint density at radius 3 is 2.44 bits per heavy atom. The fourth-order valence-electron chi connectivity index (χ4n) is 5.04. The van der Waals surface area contributed by atoms with Crippen molar-refractivity contribution < 1.29 is 27.9 Å². The summed E-state index contributed by atoms with van der Waals surface area (Å²) in [5.74, 6) is -3.04. The predicted molar refractivity (Wildman–Crippen MR) is 117 cm³/mol. The number of carbonyl (C=O) groups is 2. The number of aromatic nitrogens is 2. The summed E-state index contributed by atoms with van der Waals surface area (Å²) >= 11 is 0. The number of hydrogen-bond acceptors (Lipinski definition) is 5. The lowest BCUT2D eigenvalue weighted by atomic mass is 9.76. The Bertz CT molecular complexity index is 1230. The van der Waals surface area contributed by atoms with E-state index in [-0.39, 0.29) is 29.5 Å². The minimum absolute atomic E-state index is 0.0179. The zero-order valence-electron chi connectivity index (χ0n) is 18.3. The summed E-state index contributed by atoms with van der Waals surface area (Å²) in [6.45, 7) is 0. The average molecular weight is 467 g/mol. The van der Waals surface area contributed by atoms with Crippen molar-refractivity contribution in [1.29, 1.82) is 0 Å². The highest BCUT2D eigenvalue weighted by molar-refractivity contribution is 6.00. The van der Waals surface area contributed by atoms with Gasteiger partial charge < -0.3 is 14.8 Å². The molecule has 1 aromatic heterocycles. The number of carboxylic acids is 1. The van der Waals surface area contributed by atoms with E-state index in [1.54, 1.807) is 0 Å². The first kappa shape index (κ1) is 22.2. The number of amides is 1. The van der Waals surface area contributed by atoms with Crippen LogP contribution in [0.25, 0.3) is 0 Å². The number of halogens is 2. The highest BCUT2D eigenvalue weighted by atomic mass is 19.2. The van der Waals surface area contributed by atoms with Crippen LogP contribution in [0.3, 0.4) is 0 Å². The van der Waals surface area contributed by atoms with Crippen LogP contribution in [0.15, 0.2) is 46.9 Å². The van der Waals surface area contributed by atoms with Crippen molar-refractivity contribution in [2.45, 2.75) is 44.4 Å². The molecule has 2 saturated carbocycles. The average Bonchev–Trinajstić information content (AvgIpc) is 3.32. The molecule has 2 fully saturated rings. The van der Waals surface area contributed by atoms with Gasteiger partial charge in [-0.05, 0) is 78.8 Å². The molecule has 176 valence electrons. The molecular formula is C25H23F2N3O4. The maximum atomic E-state index is 13.4. The van der Waals surface area contributed by atoms with Gasteiger partial charge in [0.15, 0.2) is 11.6 Å². The van der Waals surface area contributed by atoms with Crippen molar-refractivity contribution >= 4 is 17.6 Å². The minimum Gasteiger partial charge on any atom is -0.481 e. The highest BCUT2D eigenvalue weighted by Gasteiger charge is 2.58. The summed E-state index contributed by atoms with van der Waals surface area (Å²) in [7, 11) is 0. The molecule has 1 atom stereocenters. The molecule has 3 aromatic rings. The summed E-state index contributed by atoms with van der Waals surface area (Å²) in [4.78, 5) is 23.7. The fourth-order valence-corrected chi connectivity index (χ4v) is 5.04. The SMILES string of the molecule is O=C(Nc1ccc(C2CCC3(CC2)CC3C(=O)O)cc1)c1nnc(Cc2ccc(F)c(F)c2)o1. The molecule has 9 heteroatoms. The second kappa shape index (κ2) is 8.62. The number of benzene rings is 2. The fraction of sp³-hybridized carbons (Fsp3) is 0.360. The van der Waals surface area contributed by atoms with Gasteiger partial charge in [0.1, 0.15) is 0 Å². The number of carboxylic acid groups (broad SMARTS) is 1. The molecular weight excluding hydrogens is 444 g/mol. The van der Waals surface area contributed by atoms with E-state index in [9.17, 15) is 23.5 Å². The maximum absolute atomic E-state index is 13.4. The number of carbonyl (C=O) groups excluding carboxylic acids is 1. The Balaban J connectivity index is 1.16. The number of aliphatic carboxylic acids is 1. The van der Waals surface area contributed by atoms with Gasteiger partial charge in [0, 0.05) is 5.69 Å². The van der Waals surface area contributed by atoms with Crippen LogP contribution < -0.4 is 5.32 Å². The van der Waals surface area contributed by atoms with E-state index in [2.05, 4.69) is 15.5 Å². The molecule has 1 amide bonds.